The fraction of sp³-hybridized carbons (Fsp3) is 0.200. The lowest BCUT2D eigenvalue weighted by molar-refractivity contribution is -0.115. The van der Waals surface area contributed by atoms with Crippen LogP contribution in [0, 0.1) is 0 Å². The van der Waals surface area contributed by atoms with E-state index in [0.717, 1.165) is 23.5 Å². The molecule has 0 aliphatic carbocycles. The molecule has 0 aliphatic heterocycles. The molecular weight excluding hydrogens is 312 g/mol. The molecule has 0 spiro atoms. The molecule has 2 aromatic carbocycles. The second-order valence-corrected chi connectivity index (χ2v) is 6.28. The number of anilines is 1. The first-order chi connectivity index (χ1) is 12.1. The largest absolute Gasteiger partial charge is 0.326 e. The molecule has 1 N–H and O–H groups in total. The highest BCUT2D eigenvalue weighted by Crippen LogP contribution is 2.13. The molecule has 0 saturated heterocycles. The van der Waals surface area contributed by atoms with Crippen molar-refractivity contribution in [1.29, 1.82) is 0 Å². The highest BCUT2D eigenvalue weighted by atomic mass is 16.1. The van der Waals surface area contributed by atoms with Crippen LogP contribution in [-0.4, -0.2) is 34.7 Å². The van der Waals surface area contributed by atoms with Gasteiger partial charge in [-0.3, -0.25) is 4.79 Å². The number of benzene rings is 2. The molecule has 0 aliphatic rings. The van der Waals surface area contributed by atoms with E-state index in [9.17, 15) is 4.79 Å². The van der Waals surface area contributed by atoms with E-state index in [0.29, 0.717) is 6.42 Å². The van der Waals surface area contributed by atoms with E-state index >= 15 is 0 Å². The summed E-state index contributed by atoms with van der Waals surface area (Å²) in [5.74, 6) is -0.0196. The Hall–Kier alpha value is -2.92. The Morgan fingerprint density at radius 1 is 1.08 bits per heavy atom. The molecule has 25 heavy (non-hydrogen) atoms. The summed E-state index contributed by atoms with van der Waals surface area (Å²) in [7, 11) is 4.05. The van der Waals surface area contributed by atoms with E-state index in [4.69, 9.17) is 0 Å². The Morgan fingerprint density at radius 2 is 1.88 bits per heavy atom. The molecule has 128 valence electrons. The maximum Gasteiger partial charge on any atom is 0.228 e. The van der Waals surface area contributed by atoms with E-state index in [1.54, 1.807) is 10.9 Å². The van der Waals surface area contributed by atoms with Crippen LogP contribution in [0.3, 0.4) is 0 Å². The van der Waals surface area contributed by atoms with Crippen LogP contribution in [0.2, 0.25) is 0 Å². The molecule has 0 bridgehead atoms. The van der Waals surface area contributed by atoms with Gasteiger partial charge < -0.3 is 10.2 Å². The fourth-order valence-electron chi connectivity index (χ4n) is 2.69. The topological polar surface area (TPSA) is 50.2 Å². The van der Waals surface area contributed by atoms with Crippen molar-refractivity contribution >= 4 is 11.6 Å². The normalized spacial score (nSPS) is 10.8. The van der Waals surface area contributed by atoms with Crippen LogP contribution < -0.4 is 5.32 Å². The number of nitrogens with zero attached hydrogens (tertiary/aromatic N) is 3. The number of rotatable bonds is 6. The third-order valence-corrected chi connectivity index (χ3v) is 3.78. The lowest BCUT2D eigenvalue weighted by atomic mass is 10.1. The monoisotopic (exact) mass is 334 g/mol. The SMILES string of the molecule is CN(C)Cc1cccc(NC(=O)Cc2ccc(-n3cccn3)cc2)c1. The quantitative estimate of drug-likeness (QED) is 0.753. The zero-order valence-electron chi connectivity index (χ0n) is 14.5. The summed E-state index contributed by atoms with van der Waals surface area (Å²) < 4.78 is 1.79. The molecule has 1 amide bonds. The van der Waals surface area contributed by atoms with Gasteiger partial charge in [-0.25, -0.2) is 4.68 Å². The number of hydrogen-bond donors (Lipinski definition) is 1. The molecule has 1 heterocycles. The van der Waals surface area contributed by atoms with Gasteiger partial charge >= 0.3 is 0 Å². The number of hydrogen-bond acceptors (Lipinski definition) is 3. The Morgan fingerprint density at radius 3 is 2.56 bits per heavy atom. The van der Waals surface area contributed by atoms with Gasteiger partial charge in [0.25, 0.3) is 0 Å². The summed E-state index contributed by atoms with van der Waals surface area (Å²) >= 11 is 0. The Labute approximate surface area is 147 Å². The lowest BCUT2D eigenvalue weighted by Gasteiger charge is -2.11. The maximum absolute atomic E-state index is 12.3. The van der Waals surface area contributed by atoms with Gasteiger partial charge in [0.1, 0.15) is 0 Å². The summed E-state index contributed by atoms with van der Waals surface area (Å²) in [4.78, 5) is 14.4. The van der Waals surface area contributed by atoms with Gasteiger partial charge in [-0.15, -0.1) is 0 Å². The van der Waals surface area contributed by atoms with Crippen LogP contribution in [-0.2, 0) is 17.8 Å². The molecule has 0 unspecified atom stereocenters. The van der Waals surface area contributed by atoms with Gasteiger partial charge in [0.2, 0.25) is 5.91 Å². The molecule has 5 nitrogen and oxygen atoms in total. The van der Waals surface area contributed by atoms with Crippen LogP contribution in [0.25, 0.3) is 5.69 Å². The van der Waals surface area contributed by atoms with Gasteiger partial charge in [0, 0.05) is 24.6 Å². The molecule has 0 fully saturated rings. The second-order valence-electron chi connectivity index (χ2n) is 6.28. The minimum atomic E-state index is -0.0196. The Balaban J connectivity index is 1.61. The molecule has 1 aromatic heterocycles. The smallest absolute Gasteiger partial charge is 0.228 e. The summed E-state index contributed by atoms with van der Waals surface area (Å²) in [5.41, 5.74) is 3.95. The first kappa shape index (κ1) is 16.9. The van der Waals surface area contributed by atoms with Crippen molar-refractivity contribution in [3.05, 3.63) is 78.1 Å². The van der Waals surface area contributed by atoms with E-state index in [1.165, 1.54) is 5.56 Å². The van der Waals surface area contributed by atoms with Crippen molar-refractivity contribution in [2.45, 2.75) is 13.0 Å². The van der Waals surface area contributed by atoms with Crippen molar-refractivity contribution in [1.82, 2.24) is 14.7 Å². The highest BCUT2D eigenvalue weighted by molar-refractivity contribution is 5.92. The second kappa shape index (κ2) is 7.77. The van der Waals surface area contributed by atoms with Gasteiger partial charge in [-0.2, -0.15) is 5.10 Å². The summed E-state index contributed by atoms with van der Waals surface area (Å²) in [6.07, 6.45) is 3.98. The van der Waals surface area contributed by atoms with E-state index in [1.807, 2.05) is 68.8 Å². The van der Waals surface area contributed by atoms with E-state index < -0.39 is 0 Å². The molecular formula is C20H22N4O. The minimum absolute atomic E-state index is 0.0196. The van der Waals surface area contributed by atoms with Crippen LogP contribution in [0.4, 0.5) is 5.69 Å². The maximum atomic E-state index is 12.3. The van der Waals surface area contributed by atoms with Gasteiger partial charge in [-0.05, 0) is 55.6 Å². The molecule has 0 atom stereocenters. The fourth-order valence-corrected chi connectivity index (χ4v) is 2.69. The number of aromatic nitrogens is 2. The van der Waals surface area contributed by atoms with Crippen molar-refractivity contribution in [3.8, 4) is 5.69 Å². The van der Waals surface area contributed by atoms with Crippen LogP contribution in [0.5, 0.6) is 0 Å². The van der Waals surface area contributed by atoms with Gasteiger partial charge in [0.05, 0.1) is 12.1 Å². The van der Waals surface area contributed by atoms with Crippen LogP contribution >= 0.6 is 0 Å². The van der Waals surface area contributed by atoms with Gasteiger partial charge in [0.15, 0.2) is 0 Å². The summed E-state index contributed by atoms with van der Waals surface area (Å²) in [6.45, 7) is 0.846. The summed E-state index contributed by atoms with van der Waals surface area (Å²) in [5, 5.41) is 7.17. The predicted molar refractivity (Wildman–Crippen MR) is 99.7 cm³/mol. The minimum Gasteiger partial charge on any atom is -0.326 e. The predicted octanol–water partition coefficient (Wildman–Crippen LogP) is 3.12. The van der Waals surface area contributed by atoms with E-state index in [2.05, 4.69) is 21.4 Å². The standard InChI is InChI=1S/C20H22N4O/c1-23(2)15-17-5-3-6-18(13-17)22-20(25)14-16-7-9-19(10-8-16)24-12-4-11-21-24/h3-13H,14-15H2,1-2H3,(H,22,25). The Kier molecular flexibility index (Phi) is 5.26. The summed E-state index contributed by atoms with van der Waals surface area (Å²) in [6, 6.07) is 17.7. The third-order valence-electron chi connectivity index (χ3n) is 3.78. The molecule has 3 aromatic rings. The van der Waals surface area contributed by atoms with Crippen LogP contribution in [0.15, 0.2) is 67.0 Å². The first-order valence-electron chi connectivity index (χ1n) is 8.22. The first-order valence-corrected chi connectivity index (χ1v) is 8.22. The molecule has 3 rings (SSSR count). The lowest BCUT2D eigenvalue weighted by Crippen LogP contribution is -2.15. The van der Waals surface area contributed by atoms with Crippen molar-refractivity contribution in [3.63, 3.8) is 0 Å². The molecule has 0 radical (unpaired) electrons. The average molecular weight is 334 g/mol. The van der Waals surface area contributed by atoms with E-state index in [-0.39, 0.29) is 5.91 Å². The molecule has 5 heteroatoms. The third kappa shape index (κ3) is 4.78. The number of nitrogens with one attached hydrogen (secondary N) is 1. The zero-order chi connectivity index (χ0) is 17.6. The molecule has 0 saturated carbocycles. The van der Waals surface area contributed by atoms with Crippen molar-refractivity contribution in [2.24, 2.45) is 0 Å². The zero-order valence-corrected chi connectivity index (χ0v) is 14.5. The average Bonchev–Trinajstić information content (AvgIpc) is 3.09. The number of carbonyl (C=O) groups excluding carboxylic acids is 1. The number of carbonyl (C=O) groups is 1. The van der Waals surface area contributed by atoms with Crippen molar-refractivity contribution < 1.29 is 4.79 Å². The van der Waals surface area contributed by atoms with Crippen molar-refractivity contribution in [2.75, 3.05) is 19.4 Å². The highest BCUT2D eigenvalue weighted by Gasteiger charge is 2.06. The Bertz CT molecular complexity index is 823. The van der Waals surface area contributed by atoms with Crippen LogP contribution in [0.1, 0.15) is 11.1 Å². The number of amides is 1. The van der Waals surface area contributed by atoms with Gasteiger partial charge in [-0.1, -0.05) is 24.3 Å².